The van der Waals surface area contributed by atoms with Gasteiger partial charge < -0.3 is 10.5 Å². The number of hydrogen-bond donors (Lipinski definition) is 1. The Hall–Kier alpha value is -1.94. The van der Waals surface area contributed by atoms with Crippen molar-refractivity contribution in [1.82, 2.24) is 4.98 Å². The van der Waals surface area contributed by atoms with Crippen LogP contribution in [0.15, 0.2) is 48.8 Å². The number of ether oxygens (including phenoxy) is 1. The molecule has 0 aliphatic rings. The average Bonchev–Trinajstić information content (AvgIpc) is 2.37. The fraction of sp³-hybridized carbons (Fsp3) is 0.154. The molecule has 88 valence electrons. The molecule has 0 aliphatic heterocycles. The Morgan fingerprint density at radius 3 is 2.71 bits per heavy atom. The minimum Gasteiger partial charge on any atom is -0.492 e. The summed E-state index contributed by atoms with van der Waals surface area (Å²) in [5.74, 6) is 0.162. The molecular formula is C13H13FN2O. The van der Waals surface area contributed by atoms with Crippen molar-refractivity contribution in [2.24, 2.45) is 5.73 Å². The lowest BCUT2D eigenvalue weighted by Gasteiger charge is -2.13. The van der Waals surface area contributed by atoms with Crippen molar-refractivity contribution in [1.29, 1.82) is 0 Å². The molecule has 17 heavy (non-hydrogen) atoms. The Bertz CT molecular complexity index is 476. The zero-order valence-electron chi connectivity index (χ0n) is 9.21. The number of aromatic nitrogens is 1. The molecule has 2 rings (SSSR count). The second-order valence-corrected chi connectivity index (χ2v) is 3.66. The van der Waals surface area contributed by atoms with Crippen LogP contribution in [0.4, 0.5) is 4.39 Å². The number of pyridine rings is 1. The van der Waals surface area contributed by atoms with Crippen molar-refractivity contribution < 1.29 is 9.13 Å². The molecule has 1 heterocycles. The monoisotopic (exact) mass is 232 g/mol. The largest absolute Gasteiger partial charge is 0.492 e. The molecule has 0 aliphatic carbocycles. The Labute approximate surface area is 99.1 Å². The minimum absolute atomic E-state index is 0.249. The molecule has 0 bridgehead atoms. The summed E-state index contributed by atoms with van der Waals surface area (Å²) in [5.41, 5.74) is 6.88. The van der Waals surface area contributed by atoms with Gasteiger partial charge in [-0.1, -0.05) is 6.07 Å². The Balaban J connectivity index is 1.95. The van der Waals surface area contributed by atoms with E-state index in [1.807, 2.05) is 12.1 Å². The first-order valence-electron chi connectivity index (χ1n) is 5.29. The van der Waals surface area contributed by atoms with Crippen LogP contribution in [0.5, 0.6) is 5.75 Å². The maximum Gasteiger partial charge on any atom is 0.126 e. The van der Waals surface area contributed by atoms with E-state index in [2.05, 4.69) is 4.98 Å². The van der Waals surface area contributed by atoms with E-state index in [-0.39, 0.29) is 11.9 Å². The smallest absolute Gasteiger partial charge is 0.126 e. The number of hydrogen-bond acceptors (Lipinski definition) is 3. The molecule has 0 saturated carbocycles. The van der Waals surface area contributed by atoms with E-state index >= 15 is 0 Å². The first-order valence-corrected chi connectivity index (χ1v) is 5.29. The quantitative estimate of drug-likeness (QED) is 0.879. The van der Waals surface area contributed by atoms with Gasteiger partial charge in [-0.2, -0.15) is 0 Å². The maximum absolute atomic E-state index is 12.9. The van der Waals surface area contributed by atoms with E-state index < -0.39 is 0 Å². The molecule has 3 nitrogen and oxygen atoms in total. The van der Waals surface area contributed by atoms with Crippen molar-refractivity contribution in [3.05, 3.63) is 60.2 Å². The van der Waals surface area contributed by atoms with Crippen LogP contribution in [0.2, 0.25) is 0 Å². The third-order valence-electron chi connectivity index (χ3n) is 2.36. The molecule has 0 amide bonds. The molecule has 2 aromatic rings. The van der Waals surface area contributed by atoms with E-state index in [9.17, 15) is 4.39 Å². The molecule has 0 spiro atoms. The van der Waals surface area contributed by atoms with Crippen LogP contribution in [0.1, 0.15) is 11.6 Å². The number of rotatable bonds is 4. The van der Waals surface area contributed by atoms with Gasteiger partial charge in [-0.25, -0.2) is 4.39 Å². The molecule has 4 heteroatoms. The SMILES string of the molecule is NC(COc1cccc(F)c1)c1ccncc1. The van der Waals surface area contributed by atoms with Gasteiger partial charge in [-0.05, 0) is 29.8 Å². The Morgan fingerprint density at radius 1 is 1.24 bits per heavy atom. The van der Waals surface area contributed by atoms with E-state index in [4.69, 9.17) is 10.5 Å². The summed E-state index contributed by atoms with van der Waals surface area (Å²) >= 11 is 0. The second kappa shape index (κ2) is 5.41. The highest BCUT2D eigenvalue weighted by molar-refractivity contribution is 5.23. The van der Waals surface area contributed by atoms with Gasteiger partial charge in [0.25, 0.3) is 0 Å². The molecule has 0 saturated heterocycles. The summed E-state index contributed by atoms with van der Waals surface area (Å²) in [6, 6.07) is 9.42. The zero-order valence-corrected chi connectivity index (χ0v) is 9.21. The molecule has 2 N–H and O–H groups in total. The first-order chi connectivity index (χ1) is 8.25. The molecule has 1 aromatic carbocycles. The summed E-state index contributed by atoms with van der Waals surface area (Å²) in [6.45, 7) is 0.299. The highest BCUT2D eigenvalue weighted by Gasteiger charge is 2.06. The van der Waals surface area contributed by atoms with Crippen LogP contribution >= 0.6 is 0 Å². The fourth-order valence-electron chi connectivity index (χ4n) is 1.45. The van der Waals surface area contributed by atoms with Crippen molar-refractivity contribution in [3.63, 3.8) is 0 Å². The fourth-order valence-corrected chi connectivity index (χ4v) is 1.45. The topological polar surface area (TPSA) is 48.1 Å². The lowest BCUT2D eigenvalue weighted by atomic mass is 10.1. The lowest BCUT2D eigenvalue weighted by Crippen LogP contribution is -2.18. The first kappa shape index (κ1) is 11.5. The van der Waals surface area contributed by atoms with E-state index in [1.165, 1.54) is 12.1 Å². The molecule has 0 fully saturated rings. The van der Waals surface area contributed by atoms with Crippen LogP contribution in [-0.2, 0) is 0 Å². The zero-order chi connectivity index (χ0) is 12.1. The predicted molar refractivity (Wildman–Crippen MR) is 63.1 cm³/mol. The van der Waals surface area contributed by atoms with Gasteiger partial charge in [0.2, 0.25) is 0 Å². The van der Waals surface area contributed by atoms with Gasteiger partial charge in [0.05, 0.1) is 6.04 Å². The standard InChI is InChI=1S/C13H13FN2O/c14-11-2-1-3-12(8-11)17-9-13(15)10-4-6-16-7-5-10/h1-8,13H,9,15H2. The van der Waals surface area contributed by atoms with Crippen molar-refractivity contribution in [2.75, 3.05) is 6.61 Å². The van der Waals surface area contributed by atoms with Crippen molar-refractivity contribution in [2.45, 2.75) is 6.04 Å². The molecule has 0 radical (unpaired) electrons. The van der Waals surface area contributed by atoms with Gasteiger partial charge in [0.15, 0.2) is 0 Å². The maximum atomic E-state index is 12.9. The van der Waals surface area contributed by atoms with E-state index in [1.54, 1.807) is 24.5 Å². The van der Waals surface area contributed by atoms with Gasteiger partial charge in [0, 0.05) is 18.5 Å². The highest BCUT2D eigenvalue weighted by Crippen LogP contribution is 2.15. The summed E-state index contributed by atoms with van der Waals surface area (Å²) in [5, 5.41) is 0. The third kappa shape index (κ3) is 3.26. The number of benzene rings is 1. The molecule has 1 atom stereocenters. The van der Waals surface area contributed by atoms with Crippen LogP contribution < -0.4 is 10.5 Å². The van der Waals surface area contributed by atoms with Crippen LogP contribution in [0, 0.1) is 5.82 Å². The van der Waals surface area contributed by atoms with Gasteiger partial charge in [-0.3, -0.25) is 4.98 Å². The van der Waals surface area contributed by atoms with Crippen LogP contribution in [-0.4, -0.2) is 11.6 Å². The summed E-state index contributed by atoms with van der Waals surface area (Å²) in [6.07, 6.45) is 3.36. The van der Waals surface area contributed by atoms with Gasteiger partial charge in [0.1, 0.15) is 18.2 Å². The van der Waals surface area contributed by atoms with Gasteiger partial charge in [-0.15, -0.1) is 0 Å². The molecule has 1 aromatic heterocycles. The normalized spacial score (nSPS) is 12.1. The number of nitrogens with two attached hydrogens (primary N) is 1. The summed E-state index contributed by atoms with van der Waals surface area (Å²) < 4.78 is 18.3. The highest BCUT2D eigenvalue weighted by atomic mass is 19.1. The van der Waals surface area contributed by atoms with Crippen molar-refractivity contribution in [3.8, 4) is 5.75 Å². The molecular weight excluding hydrogens is 219 g/mol. The summed E-state index contributed by atoms with van der Waals surface area (Å²) in [4.78, 5) is 3.91. The van der Waals surface area contributed by atoms with Gasteiger partial charge >= 0.3 is 0 Å². The Morgan fingerprint density at radius 2 is 2.00 bits per heavy atom. The van der Waals surface area contributed by atoms with E-state index in [0.717, 1.165) is 5.56 Å². The second-order valence-electron chi connectivity index (χ2n) is 3.66. The predicted octanol–water partition coefficient (Wildman–Crippen LogP) is 2.30. The lowest BCUT2D eigenvalue weighted by molar-refractivity contribution is 0.289. The third-order valence-corrected chi connectivity index (χ3v) is 2.36. The molecule has 1 unspecified atom stereocenters. The van der Waals surface area contributed by atoms with Crippen molar-refractivity contribution >= 4 is 0 Å². The Kier molecular flexibility index (Phi) is 3.67. The average molecular weight is 232 g/mol. The van der Waals surface area contributed by atoms with Crippen LogP contribution in [0.25, 0.3) is 0 Å². The van der Waals surface area contributed by atoms with E-state index in [0.29, 0.717) is 12.4 Å². The summed E-state index contributed by atoms with van der Waals surface area (Å²) in [7, 11) is 0. The number of nitrogens with zero attached hydrogens (tertiary/aromatic N) is 1. The minimum atomic E-state index is -0.319. The number of halogens is 1. The van der Waals surface area contributed by atoms with Crippen LogP contribution in [0.3, 0.4) is 0 Å².